The molecule has 5 rings (SSSR count). The van der Waals surface area contributed by atoms with Crippen molar-refractivity contribution in [3.63, 3.8) is 0 Å². The third kappa shape index (κ3) is 7.75. The molecule has 0 radical (unpaired) electrons. The van der Waals surface area contributed by atoms with Crippen molar-refractivity contribution in [1.29, 1.82) is 0 Å². The molecule has 1 aliphatic heterocycles. The number of furan rings is 1. The Hall–Kier alpha value is -3.98. The van der Waals surface area contributed by atoms with Crippen molar-refractivity contribution in [3.05, 3.63) is 122 Å². The van der Waals surface area contributed by atoms with Gasteiger partial charge in [0, 0.05) is 15.6 Å². The Morgan fingerprint density at radius 1 is 0.977 bits per heavy atom. The minimum absolute atomic E-state index is 0.0460. The topological polar surface area (TPSA) is 76.6 Å². The summed E-state index contributed by atoms with van der Waals surface area (Å²) in [6.45, 7) is 7.00. The normalized spacial score (nSPS) is 15.6. The molecule has 1 fully saturated rings. The number of ether oxygens (including phenoxy) is 2. The number of benzene rings is 3. The van der Waals surface area contributed by atoms with Crippen molar-refractivity contribution < 1.29 is 18.7 Å². The molecular weight excluding hydrogens is 617 g/mol. The Morgan fingerprint density at radius 2 is 1.75 bits per heavy atom. The summed E-state index contributed by atoms with van der Waals surface area (Å²) in [7, 11) is 1.57. The van der Waals surface area contributed by atoms with E-state index in [1.54, 1.807) is 54.8 Å². The zero-order valence-corrected chi connectivity index (χ0v) is 27.0. The fraction of sp³-hybridized carbons (Fsp3) is 0.206. The molecule has 0 atom stereocenters. The highest BCUT2D eigenvalue weighted by Crippen LogP contribution is 2.35. The summed E-state index contributed by atoms with van der Waals surface area (Å²) >= 11 is 13.5. The van der Waals surface area contributed by atoms with E-state index in [0.29, 0.717) is 37.4 Å². The van der Waals surface area contributed by atoms with E-state index in [2.05, 4.69) is 43.1 Å². The standard InChI is InChI=1S/C34H31Cl2N3O4S/c1-34(2,3)25-11-7-22(8-12-25)17-31-32(40)39(20-27-6-5-15-42-27)33(44-31)38-37-19-23-9-14-29(30(16-23)41-4)43-21-24-10-13-26(35)18-28(24)36/h5-19H,20-21H2,1-4H3/b31-17-,37-19+,38-33-. The zero-order chi connectivity index (χ0) is 31.3. The third-order valence-corrected chi connectivity index (χ3v) is 8.38. The maximum Gasteiger partial charge on any atom is 0.267 e. The number of carbonyl (C=O) groups excluding carboxylic acids is 1. The Bertz CT molecular complexity index is 1730. The predicted octanol–water partition coefficient (Wildman–Crippen LogP) is 8.98. The minimum Gasteiger partial charge on any atom is -0.493 e. The Balaban J connectivity index is 1.34. The second kappa shape index (κ2) is 13.8. The van der Waals surface area contributed by atoms with Gasteiger partial charge in [0.15, 0.2) is 16.7 Å². The van der Waals surface area contributed by atoms with Gasteiger partial charge in [0.2, 0.25) is 0 Å². The number of amidine groups is 1. The summed E-state index contributed by atoms with van der Waals surface area (Å²) in [6, 6.07) is 22.5. The molecule has 1 aliphatic rings. The number of hydrogen-bond acceptors (Lipinski definition) is 7. The molecule has 0 bridgehead atoms. The van der Waals surface area contributed by atoms with Gasteiger partial charge in [-0.15, -0.1) is 5.10 Å². The maximum atomic E-state index is 13.4. The van der Waals surface area contributed by atoms with Gasteiger partial charge in [-0.25, -0.2) is 0 Å². The van der Waals surface area contributed by atoms with Crippen LogP contribution < -0.4 is 9.47 Å². The Labute approximate surface area is 271 Å². The number of rotatable bonds is 9. The number of nitrogens with zero attached hydrogens (tertiary/aromatic N) is 3. The van der Waals surface area contributed by atoms with E-state index >= 15 is 0 Å². The smallest absolute Gasteiger partial charge is 0.267 e. The van der Waals surface area contributed by atoms with E-state index in [0.717, 1.165) is 16.7 Å². The van der Waals surface area contributed by atoms with Crippen LogP contribution in [0.5, 0.6) is 11.5 Å². The van der Waals surface area contributed by atoms with Gasteiger partial charge in [-0.3, -0.25) is 9.69 Å². The van der Waals surface area contributed by atoms with Gasteiger partial charge in [-0.05, 0) is 82.4 Å². The molecule has 1 amide bonds. The first-order valence-corrected chi connectivity index (χ1v) is 15.4. The largest absolute Gasteiger partial charge is 0.493 e. The van der Waals surface area contributed by atoms with Crippen molar-refractivity contribution in [3.8, 4) is 11.5 Å². The fourth-order valence-corrected chi connectivity index (χ4v) is 5.73. The molecule has 3 aromatic carbocycles. The number of amides is 1. The predicted molar refractivity (Wildman–Crippen MR) is 179 cm³/mol. The summed E-state index contributed by atoms with van der Waals surface area (Å²) in [5, 5.41) is 10.3. The molecule has 2 heterocycles. The van der Waals surface area contributed by atoms with Crippen molar-refractivity contribution in [2.75, 3.05) is 7.11 Å². The highest BCUT2D eigenvalue weighted by Gasteiger charge is 2.34. The molecule has 0 unspecified atom stereocenters. The van der Waals surface area contributed by atoms with E-state index < -0.39 is 0 Å². The second-order valence-corrected chi connectivity index (χ2v) is 12.9. The molecule has 44 heavy (non-hydrogen) atoms. The molecule has 0 saturated carbocycles. The van der Waals surface area contributed by atoms with Gasteiger partial charge < -0.3 is 13.9 Å². The molecule has 4 aromatic rings. The summed E-state index contributed by atoms with van der Waals surface area (Å²) in [5.74, 6) is 1.56. The maximum absolute atomic E-state index is 13.4. The van der Waals surface area contributed by atoms with Gasteiger partial charge in [-0.1, -0.05) is 74.3 Å². The molecule has 7 nitrogen and oxygen atoms in total. The molecule has 1 saturated heterocycles. The second-order valence-electron chi connectivity index (χ2n) is 11.0. The van der Waals surface area contributed by atoms with Gasteiger partial charge >= 0.3 is 0 Å². The van der Waals surface area contributed by atoms with Crippen molar-refractivity contribution >= 4 is 58.3 Å². The van der Waals surface area contributed by atoms with Gasteiger partial charge in [0.05, 0.1) is 31.0 Å². The van der Waals surface area contributed by atoms with Crippen LogP contribution in [0, 0.1) is 0 Å². The Morgan fingerprint density at radius 3 is 2.43 bits per heavy atom. The van der Waals surface area contributed by atoms with Crippen LogP contribution in [0.2, 0.25) is 10.0 Å². The first kappa shape index (κ1) is 31.4. The molecule has 10 heteroatoms. The lowest BCUT2D eigenvalue weighted by atomic mass is 9.87. The Kier molecular flexibility index (Phi) is 9.84. The number of thioether (sulfide) groups is 1. The van der Waals surface area contributed by atoms with Crippen molar-refractivity contribution in [1.82, 2.24) is 4.90 Å². The fourth-order valence-electron chi connectivity index (χ4n) is 4.33. The van der Waals surface area contributed by atoms with Crippen LogP contribution in [0.1, 0.15) is 48.8 Å². The zero-order valence-electron chi connectivity index (χ0n) is 24.7. The van der Waals surface area contributed by atoms with Crippen LogP contribution in [0.3, 0.4) is 0 Å². The number of carbonyl (C=O) groups is 1. The van der Waals surface area contributed by atoms with Crippen LogP contribution in [0.4, 0.5) is 0 Å². The monoisotopic (exact) mass is 647 g/mol. The average Bonchev–Trinajstić information content (AvgIpc) is 3.61. The lowest BCUT2D eigenvalue weighted by molar-refractivity contribution is -0.122. The van der Waals surface area contributed by atoms with Gasteiger partial charge in [0.1, 0.15) is 12.4 Å². The molecule has 0 spiro atoms. The number of halogens is 2. The van der Waals surface area contributed by atoms with Crippen LogP contribution in [0.15, 0.2) is 98.6 Å². The van der Waals surface area contributed by atoms with Crippen LogP contribution >= 0.6 is 35.0 Å². The summed E-state index contributed by atoms with van der Waals surface area (Å²) in [6.07, 6.45) is 5.05. The van der Waals surface area contributed by atoms with E-state index in [1.807, 2.05) is 36.4 Å². The average molecular weight is 649 g/mol. The molecule has 226 valence electrons. The lowest BCUT2D eigenvalue weighted by Crippen LogP contribution is -2.28. The van der Waals surface area contributed by atoms with Crippen LogP contribution in [-0.4, -0.2) is 29.3 Å². The quantitative estimate of drug-likeness (QED) is 0.103. The number of methoxy groups -OCH3 is 1. The molecular formula is C34H31Cl2N3O4S. The van der Waals surface area contributed by atoms with E-state index in [4.69, 9.17) is 37.1 Å². The molecule has 0 N–H and O–H groups in total. The third-order valence-electron chi connectivity index (χ3n) is 6.79. The summed E-state index contributed by atoms with van der Waals surface area (Å²) in [5.41, 5.74) is 3.75. The molecule has 1 aromatic heterocycles. The highest BCUT2D eigenvalue weighted by molar-refractivity contribution is 8.18. The molecule has 0 aliphatic carbocycles. The summed E-state index contributed by atoms with van der Waals surface area (Å²) in [4.78, 5) is 15.6. The van der Waals surface area contributed by atoms with E-state index in [9.17, 15) is 4.79 Å². The van der Waals surface area contributed by atoms with Gasteiger partial charge in [-0.2, -0.15) is 5.10 Å². The summed E-state index contributed by atoms with van der Waals surface area (Å²) < 4.78 is 17.0. The van der Waals surface area contributed by atoms with Gasteiger partial charge in [0.25, 0.3) is 5.91 Å². The lowest BCUT2D eigenvalue weighted by Gasteiger charge is -2.18. The van der Waals surface area contributed by atoms with Crippen molar-refractivity contribution in [2.24, 2.45) is 10.2 Å². The van der Waals surface area contributed by atoms with Crippen LogP contribution in [-0.2, 0) is 23.4 Å². The number of hydrogen-bond donors (Lipinski definition) is 0. The minimum atomic E-state index is -0.163. The highest BCUT2D eigenvalue weighted by atomic mass is 35.5. The van der Waals surface area contributed by atoms with Crippen LogP contribution in [0.25, 0.3) is 6.08 Å². The first-order valence-electron chi connectivity index (χ1n) is 13.8. The van der Waals surface area contributed by atoms with E-state index in [1.165, 1.54) is 17.3 Å². The first-order chi connectivity index (χ1) is 21.1. The van der Waals surface area contributed by atoms with Crippen molar-refractivity contribution in [2.45, 2.75) is 39.3 Å². The van der Waals surface area contributed by atoms with E-state index in [-0.39, 0.29) is 24.5 Å². The SMILES string of the molecule is COc1cc(/C=N/N=C2\S/C(=C\c3ccc(C(C)(C)C)cc3)C(=O)N2Cc2ccco2)ccc1OCc1ccc(Cl)cc1Cl.